The van der Waals surface area contributed by atoms with E-state index in [0.29, 0.717) is 12.0 Å². The zero-order chi connectivity index (χ0) is 12.6. The molecule has 0 spiro atoms. The lowest BCUT2D eigenvalue weighted by Gasteiger charge is -2.33. The Morgan fingerprint density at radius 1 is 1.29 bits per heavy atom. The molecule has 92 valence electrons. The quantitative estimate of drug-likeness (QED) is 0.808. The second-order valence-electron chi connectivity index (χ2n) is 4.27. The van der Waals surface area contributed by atoms with Gasteiger partial charge in [0.15, 0.2) is 0 Å². The predicted octanol–water partition coefficient (Wildman–Crippen LogP) is 2.38. The Bertz CT molecular complexity index is 442. The average molecular weight is 243 g/mol. The average Bonchev–Trinajstić information content (AvgIpc) is 2.26. The van der Waals surface area contributed by atoms with Crippen LogP contribution in [0.25, 0.3) is 0 Å². The predicted molar refractivity (Wildman–Crippen MR) is 56.2 cm³/mol. The summed E-state index contributed by atoms with van der Waals surface area (Å²) in [5.41, 5.74) is 5.92. The Balaban J connectivity index is 2.50. The Morgan fingerprint density at radius 2 is 1.94 bits per heavy atom. The van der Waals surface area contributed by atoms with Crippen LogP contribution in [0.3, 0.4) is 0 Å². The van der Waals surface area contributed by atoms with Crippen LogP contribution in [0.1, 0.15) is 23.5 Å². The molecule has 2 atom stereocenters. The van der Waals surface area contributed by atoms with E-state index in [1.54, 1.807) is 18.2 Å². The first-order valence-electron chi connectivity index (χ1n) is 5.35. The number of aryl methyl sites for hydroxylation is 1. The van der Waals surface area contributed by atoms with Gasteiger partial charge in [-0.15, -0.1) is 0 Å². The minimum Gasteiger partial charge on any atom is -0.369 e. The lowest BCUT2D eigenvalue weighted by atomic mass is 9.74. The molecule has 2 nitrogen and oxygen atoms in total. The molecule has 0 saturated heterocycles. The van der Waals surface area contributed by atoms with Gasteiger partial charge in [0.05, 0.1) is 11.8 Å². The van der Waals surface area contributed by atoms with Crippen molar-refractivity contribution in [2.45, 2.75) is 24.9 Å². The lowest BCUT2D eigenvalue weighted by molar-refractivity contribution is -0.169. The van der Waals surface area contributed by atoms with E-state index in [0.717, 1.165) is 0 Å². The highest BCUT2D eigenvalue weighted by molar-refractivity contribution is 5.78. The summed E-state index contributed by atoms with van der Waals surface area (Å²) in [5.74, 6) is -3.78. The Morgan fingerprint density at radius 3 is 2.53 bits per heavy atom. The van der Waals surface area contributed by atoms with Crippen molar-refractivity contribution < 1.29 is 18.0 Å². The van der Waals surface area contributed by atoms with Gasteiger partial charge in [-0.25, -0.2) is 0 Å². The van der Waals surface area contributed by atoms with Crippen LogP contribution in [0.2, 0.25) is 0 Å². The van der Waals surface area contributed by atoms with Crippen LogP contribution in [-0.4, -0.2) is 12.1 Å². The number of carbonyl (C=O) groups is 1. The van der Waals surface area contributed by atoms with Crippen LogP contribution in [0.4, 0.5) is 13.2 Å². The number of primary amides is 1. The molecule has 0 radical (unpaired) electrons. The standard InChI is InChI=1S/C12H12F3NO/c13-12(14,15)10-8-4-2-1-3-7(8)5-6-9(10)11(16)17/h1-4,9-10H,5-6H2,(H2,16,17). The number of nitrogens with two attached hydrogens (primary N) is 1. The topological polar surface area (TPSA) is 43.1 Å². The summed E-state index contributed by atoms with van der Waals surface area (Å²) in [5, 5.41) is 0. The number of alkyl halides is 3. The third-order valence-electron chi connectivity index (χ3n) is 3.24. The highest BCUT2D eigenvalue weighted by Gasteiger charge is 2.49. The van der Waals surface area contributed by atoms with Crippen LogP contribution in [0, 0.1) is 5.92 Å². The van der Waals surface area contributed by atoms with Crippen molar-refractivity contribution >= 4 is 5.91 Å². The fraction of sp³-hybridized carbons (Fsp3) is 0.417. The minimum atomic E-state index is -4.43. The lowest BCUT2D eigenvalue weighted by Crippen LogP contribution is -2.39. The molecule has 1 aromatic carbocycles. The highest BCUT2D eigenvalue weighted by atomic mass is 19.4. The molecule has 2 N–H and O–H groups in total. The molecule has 2 rings (SSSR count). The number of hydrogen-bond acceptors (Lipinski definition) is 1. The van der Waals surface area contributed by atoms with Gasteiger partial charge < -0.3 is 5.73 Å². The van der Waals surface area contributed by atoms with Crippen LogP contribution >= 0.6 is 0 Å². The van der Waals surface area contributed by atoms with Crippen LogP contribution in [0.5, 0.6) is 0 Å². The smallest absolute Gasteiger partial charge is 0.369 e. The fourth-order valence-electron chi connectivity index (χ4n) is 2.47. The molecular formula is C12H12F3NO. The Labute approximate surface area is 96.6 Å². The van der Waals surface area contributed by atoms with Gasteiger partial charge in [-0.1, -0.05) is 24.3 Å². The van der Waals surface area contributed by atoms with E-state index < -0.39 is 23.9 Å². The molecule has 0 bridgehead atoms. The first-order valence-corrected chi connectivity index (χ1v) is 5.35. The first-order chi connectivity index (χ1) is 7.91. The number of hydrogen-bond donors (Lipinski definition) is 1. The van der Waals surface area contributed by atoms with Crippen LogP contribution in [-0.2, 0) is 11.2 Å². The number of rotatable bonds is 1. The second-order valence-corrected chi connectivity index (χ2v) is 4.27. The fourth-order valence-corrected chi connectivity index (χ4v) is 2.47. The van der Waals surface area contributed by atoms with Crippen molar-refractivity contribution in [3.63, 3.8) is 0 Å². The number of amides is 1. The van der Waals surface area contributed by atoms with Gasteiger partial charge in [0.2, 0.25) is 5.91 Å². The highest BCUT2D eigenvalue weighted by Crippen LogP contribution is 2.46. The van der Waals surface area contributed by atoms with E-state index in [1.165, 1.54) is 6.07 Å². The van der Waals surface area contributed by atoms with E-state index >= 15 is 0 Å². The number of halogens is 3. The van der Waals surface area contributed by atoms with Crippen molar-refractivity contribution in [2.24, 2.45) is 11.7 Å². The molecule has 0 aromatic heterocycles. The maximum Gasteiger partial charge on any atom is 0.396 e. The van der Waals surface area contributed by atoms with E-state index in [9.17, 15) is 18.0 Å². The van der Waals surface area contributed by atoms with Gasteiger partial charge >= 0.3 is 6.18 Å². The van der Waals surface area contributed by atoms with Crippen LogP contribution in [0.15, 0.2) is 24.3 Å². The zero-order valence-electron chi connectivity index (χ0n) is 9.00. The summed E-state index contributed by atoms with van der Waals surface area (Å²) < 4.78 is 39.1. The third kappa shape index (κ3) is 2.14. The molecule has 1 aliphatic carbocycles. The summed E-state index contributed by atoms with van der Waals surface area (Å²) in [6.45, 7) is 0. The van der Waals surface area contributed by atoms with Crippen molar-refractivity contribution in [1.82, 2.24) is 0 Å². The van der Waals surface area contributed by atoms with Gasteiger partial charge in [-0.05, 0) is 24.0 Å². The van der Waals surface area contributed by atoms with Gasteiger partial charge in [0.1, 0.15) is 0 Å². The molecule has 0 saturated carbocycles. The van der Waals surface area contributed by atoms with Crippen molar-refractivity contribution in [3.8, 4) is 0 Å². The van der Waals surface area contributed by atoms with Crippen molar-refractivity contribution in [3.05, 3.63) is 35.4 Å². The molecule has 0 heterocycles. The third-order valence-corrected chi connectivity index (χ3v) is 3.24. The van der Waals surface area contributed by atoms with Crippen molar-refractivity contribution in [2.75, 3.05) is 0 Å². The molecule has 2 unspecified atom stereocenters. The molecule has 0 fully saturated rings. The number of benzene rings is 1. The molecule has 1 aliphatic rings. The minimum absolute atomic E-state index is 0.163. The van der Waals surface area contributed by atoms with Crippen molar-refractivity contribution in [1.29, 1.82) is 0 Å². The SMILES string of the molecule is NC(=O)C1CCc2ccccc2C1C(F)(F)F. The molecule has 0 aliphatic heterocycles. The van der Waals surface area contributed by atoms with E-state index in [4.69, 9.17) is 5.73 Å². The van der Waals surface area contributed by atoms with Gasteiger partial charge in [-0.2, -0.15) is 13.2 Å². The first kappa shape index (κ1) is 12.0. The second kappa shape index (κ2) is 4.05. The van der Waals surface area contributed by atoms with Gasteiger partial charge in [0.25, 0.3) is 0 Å². The van der Waals surface area contributed by atoms with E-state index in [2.05, 4.69) is 0 Å². The normalized spacial score (nSPS) is 24.2. The summed E-state index contributed by atoms with van der Waals surface area (Å²) in [7, 11) is 0. The maximum atomic E-state index is 13.0. The number of fused-ring (bicyclic) bond motifs is 1. The van der Waals surface area contributed by atoms with Gasteiger partial charge in [0, 0.05) is 0 Å². The molecule has 5 heteroatoms. The monoisotopic (exact) mass is 243 g/mol. The number of carbonyl (C=O) groups excluding carboxylic acids is 1. The molecule has 1 aromatic rings. The van der Waals surface area contributed by atoms with E-state index in [1.807, 2.05) is 0 Å². The van der Waals surface area contributed by atoms with E-state index in [-0.39, 0.29) is 12.0 Å². The Kier molecular flexibility index (Phi) is 2.85. The summed E-state index contributed by atoms with van der Waals surface area (Å²) in [6, 6.07) is 6.37. The zero-order valence-corrected chi connectivity index (χ0v) is 9.00. The largest absolute Gasteiger partial charge is 0.396 e. The Hall–Kier alpha value is -1.52. The van der Waals surface area contributed by atoms with Gasteiger partial charge in [-0.3, -0.25) is 4.79 Å². The molecule has 17 heavy (non-hydrogen) atoms. The maximum absolute atomic E-state index is 13.0. The molecular weight excluding hydrogens is 231 g/mol. The summed E-state index contributed by atoms with van der Waals surface area (Å²) in [6.07, 6.45) is -3.80. The summed E-state index contributed by atoms with van der Waals surface area (Å²) in [4.78, 5) is 11.1. The summed E-state index contributed by atoms with van der Waals surface area (Å²) >= 11 is 0. The van der Waals surface area contributed by atoms with Crippen LogP contribution < -0.4 is 5.73 Å². The molecule has 1 amide bonds.